The topological polar surface area (TPSA) is 82.9 Å². The van der Waals surface area contributed by atoms with Crippen LogP contribution in [0.1, 0.15) is 11.1 Å². The van der Waals surface area contributed by atoms with E-state index in [9.17, 15) is 0 Å². The van der Waals surface area contributed by atoms with Crippen LogP contribution in [0.25, 0.3) is 0 Å². The molecule has 124 valence electrons. The summed E-state index contributed by atoms with van der Waals surface area (Å²) in [6.45, 7) is 0.579. The third-order valence-electron chi connectivity index (χ3n) is 3.63. The molecular weight excluding hydrogens is 314 g/mol. The van der Waals surface area contributed by atoms with Crippen LogP contribution >= 0.6 is 0 Å². The Morgan fingerprint density at radius 1 is 1.04 bits per heavy atom. The quantitative estimate of drug-likeness (QED) is 0.716. The van der Waals surface area contributed by atoms with Gasteiger partial charge in [-0.15, -0.1) is 0 Å². The van der Waals surface area contributed by atoms with Crippen molar-refractivity contribution in [2.75, 3.05) is 17.7 Å². The van der Waals surface area contributed by atoms with Crippen LogP contribution in [0.3, 0.4) is 0 Å². The second kappa shape index (κ2) is 7.79. The Kier molecular flexibility index (Phi) is 5.07. The maximum absolute atomic E-state index is 9.16. The minimum Gasteiger partial charge on any atom is -0.496 e. The second-order valence-corrected chi connectivity index (χ2v) is 5.24. The highest BCUT2D eigenvalue weighted by Crippen LogP contribution is 2.21. The smallest absolute Gasteiger partial charge is 0.135 e. The molecule has 0 aliphatic carbocycles. The molecular formula is C19H17N5O. The Hall–Kier alpha value is -3.59. The highest BCUT2D eigenvalue weighted by atomic mass is 16.5. The fraction of sp³-hybridized carbons (Fsp3) is 0.105. The number of nitriles is 1. The van der Waals surface area contributed by atoms with Gasteiger partial charge in [0, 0.05) is 18.2 Å². The molecule has 6 nitrogen and oxygen atoms in total. The van der Waals surface area contributed by atoms with Gasteiger partial charge in [-0.05, 0) is 18.2 Å². The Balaban J connectivity index is 1.72. The lowest BCUT2D eigenvalue weighted by Gasteiger charge is -2.11. The van der Waals surface area contributed by atoms with Crippen molar-refractivity contribution in [1.82, 2.24) is 9.97 Å². The molecule has 0 unspecified atom stereocenters. The van der Waals surface area contributed by atoms with E-state index >= 15 is 0 Å². The summed E-state index contributed by atoms with van der Waals surface area (Å²) in [4.78, 5) is 8.43. The normalized spacial score (nSPS) is 9.92. The largest absolute Gasteiger partial charge is 0.496 e. The number of benzene rings is 2. The van der Waals surface area contributed by atoms with Crippen LogP contribution in [-0.2, 0) is 6.54 Å². The van der Waals surface area contributed by atoms with E-state index in [1.807, 2.05) is 42.5 Å². The van der Waals surface area contributed by atoms with Gasteiger partial charge in [0.2, 0.25) is 0 Å². The van der Waals surface area contributed by atoms with E-state index in [4.69, 9.17) is 10.00 Å². The molecule has 0 saturated carbocycles. The summed E-state index contributed by atoms with van der Waals surface area (Å²) in [6, 6.07) is 19.0. The highest BCUT2D eigenvalue weighted by Gasteiger charge is 2.05. The second-order valence-electron chi connectivity index (χ2n) is 5.24. The number of hydrogen-bond acceptors (Lipinski definition) is 6. The Bertz CT molecular complexity index is 904. The van der Waals surface area contributed by atoms with Gasteiger partial charge in [-0.1, -0.05) is 30.3 Å². The van der Waals surface area contributed by atoms with E-state index in [0.717, 1.165) is 11.3 Å². The fourth-order valence-corrected chi connectivity index (χ4v) is 2.38. The highest BCUT2D eigenvalue weighted by molar-refractivity contribution is 5.65. The number of nitrogens with zero attached hydrogens (tertiary/aromatic N) is 3. The summed E-state index contributed by atoms with van der Waals surface area (Å²) in [7, 11) is 1.65. The molecule has 1 aromatic heterocycles. The molecule has 0 fully saturated rings. The number of para-hydroxylation sites is 2. The van der Waals surface area contributed by atoms with Crippen LogP contribution in [0.15, 0.2) is 60.9 Å². The van der Waals surface area contributed by atoms with Crippen LogP contribution in [0.2, 0.25) is 0 Å². The summed E-state index contributed by atoms with van der Waals surface area (Å²) >= 11 is 0. The molecule has 0 aliphatic rings. The number of rotatable bonds is 6. The van der Waals surface area contributed by atoms with Gasteiger partial charge in [-0.3, -0.25) is 0 Å². The number of hydrogen-bond donors (Lipinski definition) is 2. The van der Waals surface area contributed by atoms with Gasteiger partial charge >= 0.3 is 0 Å². The van der Waals surface area contributed by atoms with Gasteiger partial charge in [0.25, 0.3) is 0 Å². The van der Waals surface area contributed by atoms with Crippen molar-refractivity contribution >= 4 is 17.3 Å². The molecule has 0 spiro atoms. The zero-order chi connectivity index (χ0) is 17.5. The molecule has 0 bridgehead atoms. The summed E-state index contributed by atoms with van der Waals surface area (Å²) in [5.41, 5.74) is 2.30. The van der Waals surface area contributed by atoms with Crippen LogP contribution in [0, 0.1) is 11.3 Å². The van der Waals surface area contributed by atoms with E-state index in [1.54, 1.807) is 19.2 Å². The molecule has 3 aromatic rings. The van der Waals surface area contributed by atoms with Crippen molar-refractivity contribution in [3.63, 3.8) is 0 Å². The predicted molar refractivity (Wildman–Crippen MR) is 96.8 cm³/mol. The summed E-state index contributed by atoms with van der Waals surface area (Å²) in [5.74, 6) is 2.11. The first-order valence-corrected chi connectivity index (χ1v) is 7.74. The molecule has 6 heteroatoms. The Morgan fingerprint density at radius 3 is 2.64 bits per heavy atom. The molecule has 0 saturated heterocycles. The van der Waals surface area contributed by atoms with Crippen LogP contribution < -0.4 is 15.4 Å². The van der Waals surface area contributed by atoms with E-state index in [1.165, 1.54) is 6.33 Å². The van der Waals surface area contributed by atoms with Crippen molar-refractivity contribution in [3.05, 3.63) is 72.1 Å². The lowest BCUT2D eigenvalue weighted by molar-refractivity contribution is 0.410. The standard InChI is InChI=1S/C19H17N5O/c1-25-17-9-5-3-7-15(17)12-21-18-10-19(23-13-22-18)24-16-8-4-2-6-14(16)11-20/h2-10,13H,12H2,1H3,(H2,21,22,23,24). The summed E-state index contributed by atoms with van der Waals surface area (Å²) in [5, 5.41) is 15.6. The first kappa shape index (κ1) is 16.3. The zero-order valence-electron chi connectivity index (χ0n) is 13.7. The molecule has 25 heavy (non-hydrogen) atoms. The minimum atomic E-state index is 0.560. The maximum atomic E-state index is 9.16. The molecule has 3 rings (SSSR count). The first-order valence-electron chi connectivity index (χ1n) is 7.74. The lowest BCUT2D eigenvalue weighted by Crippen LogP contribution is -2.04. The van der Waals surface area contributed by atoms with Crippen molar-refractivity contribution in [2.45, 2.75) is 6.54 Å². The molecule has 2 N–H and O–H groups in total. The number of nitrogens with one attached hydrogen (secondary N) is 2. The van der Waals surface area contributed by atoms with Crippen molar-refractivity contribution in [3.8, 4) is 11.8 Å². The predicted octanol–water partition coefficient (Wildman–Crippen LogP) is 3.71. The number of aromatic nitrogens is 2. The van der Waals surface area contributed by atoms with E-state index in [-0.39, 0.29) is 0 Å². The molecule has 0 radical (unpaired) electrons. The number of ether oxygens (including phenoxy) is 1. The van der Waals surface area contributed by atoms with Crippen LogP contribution in [-0.4, -0.2) is 17.1 Å². The molecule has 1 heterocycles. The molecule has 0 aliphatic heterocycles. The van der Waals surface area contributed by atoms with Gasteiger partial charge in [-0.2, -0.15) is 5.26 Å². The molecule has 0 atom stereocenters. The van der Waals surface area contributed by atoms with Crippen molar-refractivity contribution in [1.29, 1.82) is 5.26 Å². The first-order chi connectivity index (χ1) is 12.3. The van der Waals surface area contributed by atoms with Crippen molar-refractivity contribution < 1.29 is 4.74 Å². The van der Waals surface area contributed by atoms with Gasteiger partial charge in [0.05, 0.1) is 18.4 Å². The zero-order valence-corrected chi connectivity index (χ0v) is 13.7. The van der Waals surface area contributed by atoms with Crippen molar-refractivity contribution in [2.24, 2.45) is 0 Å². The average molecular weight is 331 g/mol. The maximum Gasteiger partial charge on any atom is 0.135 e. The summed E-state index contributed by atoms with van der Waals surface area (Å²) in [6.07, 6.45) is 1.47. The van der Waals surface area contributed by atoms with Gasteiger partial charge in [-0.25, -0.2) is 9.97 Å². The number of methoxy groups -OCH3 is 1. The van der Waals surface area contributed by atoms with E-state index in [2.05, 4.69) is 26.7 Å². The third kappa shape index (κ3) is 4.03. The molecule has 2 aromatic carbocycles. The lowest BCUT2D eigenvalue weighted by atomic mass is 10.2. The monoisotopic (exact) mass is 331 g/mol. The number of anilines is 3. The fourth-order valence-electron chi connectivity index (χ4n) is 2.38. The van der Waals surface area contributed by atoms with Gasteiger partial charge in [0.1, 0.15) is 29.8 Å². The SMILES string of the molecule is COc1ccccc1CNc1cc(Nc2ccccc2C#N)ncn1. The van der Waals surface area contributed by atoms with E-state index in [0.29, 0.717) is 29.4 Å². The van der Waals surface area contributed by atoms with Gasteiger partial charge < -0.3 is 15.4 Å². The molecule has 0 amide bonds. The minimum absolute atomic E-state index is 0.560. The Morgan fingerprint density at radius 2 is 1.80 bits per heavy atom. The van der Waals surface area contributed by atoms with Crippen LogP contribution in [0.4, 0.5) is 17.3 Å². The third-order valence-corrected chi connectivity index (χ3v) is 3.63. The van der Waals surface area contributed by atoms with Gasteiger partial charge in [0.15, 0.2) is 0 Å². The summed E-state index contributed by atoms with van der Waals surface area (Å²) < 4.78 is 5.35. The Labute approximate surface area is 146 Å². The van der Waals surface area contributed by atoms with E-state index < -0.39 is 0 Å². The van der Waals surface area contributed by atoms with Crippen LogP contribution in [0.5, 0.6) is 5.75 Å². The average Bonchev–Trinajstić information content (AvgIpc) is 2.67.